The van der Waals surface area contributed by atoms with Gasteiger partial charge in [0.2, 0.25) is 11.6 Å². The van der Waals surface area contributed by atoms with Crippen molar-refractivity contribution in [3.8, 4) is 0 Å². The van der Waals surface area contributed by atoms with Gasteiger partial charge in [-0.05, 0) is 18.4 Å². The fraction of sp³-hybridized carbons (Fsp3) is 0.600. The second-order valence-electron chi connectivity index (χ2n) is 6.84. The maximum absolute atomic E-state index is 12.3. The van der Waals surface area contributed by atoms with Crippen LogP contribution in [-0.2, 0) is 14.3 Å². The van der Waals surface area contributed by atoms with E-state index < -0.39 is 11.2 Å². The van der Waals surface area contributed by atoms with Gasteiger partial charge in [-0.15, -0.1) is 0 Å². The predicted molar refractivity (Wildman–Crippen MR) is 68.0 cm³/mol. The Hall–Kier alpha value is -1.42. The summed E-state index contributed by atoms with van der Waals surface area (Å²) in [5, 5.41) is 10.5. The molecule has 1 aliphatic heterocycles. The summed E-state index contributed by atoms with van der Waals surface area (Å²) >= 11 is 0. The van der Waals surface area contributed by atoms with Crippen LogP contribution < -0.4 is 0 Å². The summed E-state index contributed by atoms with van der Waals surface area (Å²) in [4.78, 5) is 24.5. The van der Waals surface area contributed by atoms with Crippen molar-refractivity contribution in [1.82, 2.24) is 0 Å². The van der Waals surface area contributed by atoms with E-state index in [2.05, 4.69) is 0 Å². The van der Waals surface area contributed by atoms with Gasteiger partial charge in [0.15, 0.2) is 11.5 Å². The number of rotatable bonds is 0. The number of allylic oxidation sites excluding steroid dienone is 3. The van der Waals surface area contributed by atoms with Crippen molar-refractivity contribution in [1.29, 1.82) is 0 Å². The highest BCUT2D eigenvalue weighted by atomic mass is 16.6. The van der Waals surface area contributed by atoms with E-state index in [1.807, 2.05) is 20.8 Å². The van der Waals surface area contributed by atoms with Crippen LogP contribution in [0, 0.1) is 10.8 Å². The lowest BCUT2D eigenvalue weighted by Gasteiger charge is -2.42. The zero-order valence-electron chi connectivity index (χ0n) is 11.7. The molecule has 3 rings (SSSR count). The molecular formula is C15H18O4. The Morgan fingerprint density at radius 1 is 1.21 bits per heavy atom. The second-order valence-corrected chi connectivity index (χ2v) is 6.84. The fourth-order valence-corrected chi connectivity index (χ4v) is 3.79. The SMILES string of the molecule is CC1=CC(=O)C2=C(O[C@@]3(O)CC(C)(C)[C@]2(C)C3)C1=O. The summed E-state index contributed by atoms with van der Waals surface area (Å²) in [5.41, 5.74) is -0.0158. The molecule has 0 aromatic heterocycles. The van der Waals surface area contributed by atoms with Gasteiger partial charge in [-0.3, -0.25) is 9.59 Å². The minimum atomic E-state index is -1.33. The summed E-state index contributed by atoms with van der Waals surface area (Å²) in [7, 11) is 0. The van der Waals surface area contributed by atoms with Crippen molar-refractivity contribution < 1.29 is 19.4 Å². The number of carbonyl (C=O) groups excluding carboxylic acids is 2. The number of ether oxygens (including phenoxy) is 1. The molecule has 1 fully saturated rings. The van der Waals surface area contributed by atoms with Crippen molar-refractivity contribution in [2.45, 2.75) is 46.3 Å². The van der Waals surface area contributed by atoms with Crippen molar-refractivity contribution in [2.75, 3.05) is 0 Å². The van der Waals surface area contributed by atoms with Gasteiger partial charge >= 0.3 is 0 Å². The Kier molecular flexibility index (Phi) is 2.11. The van der Waals surface area contributed by atoms with Gasteiger partial charge in [0.05, 0.1) is 5.57 Å². The van der Waals surface area contributed by atoms with Crippen LogP contribution in [0.25, 0.3) is 0 Å². The van der Waals surface area contributed by atoms with Crippen LogP contribution in [0.4, 0.5) is 0 Å². The molecule has 0 amide bonds. The van der Waals surface area contributed by atoms with Gasteiger partial charge in [0.1, 0.15) is 0 Å². The van der Waals surface area contributed by atoms with Gasteiger partial charge in [0.25, 0.3) is 0 Å². The highest BCUT2D eigenvalue weighted by Gasteiger charge is 2.65. The van der Waals surface area contributed by atoms with Gasteiger partial charge < -0.3 is 9.84 Å². The van der Waals surface area contributed by atoms with Crippen LogP contribution in [0.1, 0.15) is 40.5 Å². The van der Waals surface area contributed by atoms with Crippen LogP contribution in [0.5, 0.6) is 0 Å². The third kappa shape index (κ3) is 1.38. The largest absolute Gasteiger partial charge is 0.458 e. The molecule has 102 valence electrons. The van der Waals surface area contributed by atoms with Crippen LogP contribution >= 0.6 is 0 Å². The smallest absolute Gasteiger partial charge is 0.223 e. The molecule has 2 aliphatic carbocycles. The third-order valence-corrected chi connectivity index (χ3v) is 5.07. The molecule has 0 saturated heterocycles. The molecular weight excluding hydrogens is 244 g/mol. The Morgan fingerprint density at radius 2 is 1.84 bits per heavy atom. The monoisotopic (exact) mass is 262 g/mol. The van der Waals surface area contributed by atoms with Gasteiger partial charge in [-0.25, -0.2) is 0 Å². The molecule has 0 aromatic rings. The van der Waals surface area contributed by atoms with Crippen molar-refractivity contribution in [3.63, 3.8) is 0 Å². The highest BCUT2D eigenvalue weighted by Crippen LogP contribution is 2.64. The van der Waals surface area contributed by atoms with Crippen LogP contribution in [0.2, 0.25) is 0 Å². The number of fused-ring (bicyclic) bond motifs is 3. The standard InChI is InChI=1S/C15H18O4/c1-8-5-9(16)10-12(11(8)17)19-15(18)6-13(2,3)14(10,4)7-15/h5,18H,6-7H2,1-4H3/t14-,15+/m1/s1. The van der Waals surface area contributed by atoms with E-state index in [-0.39, 0.29) is 22.7 Å². The summed E-state index contributed by atoms with van der Waals surface area (Å²) in [5.74, 6) is -1.71. The van der Waals surface area contributed by atoms with Crippen LogP contribution in [-0.4, -0.2) is 22.5 Å². The fourth-order valence-electron chi connectivity index (χ4n) is 3.79. The number of hydrogen-bond acceptors (Lipinski definition) is 4. The molecule has 0 radical (unpaired) electrons. The number of Topliss-reactive ketones (excluding diaryl/α,β-unsaturated/α-hetero) is 1. The molecule has 0 spiro atoms. The predicted octanol–water partition coefficient (Wildman–Crippen LogP) is 1.88. The van der Waals surface area contributed by atoms with E-state index in [4.69, 9.17) is 4.74 Å². The first kappa shape index (κ1) is 12.6. The Morgan fingerprint density at radius 3 is 2.47 bits per heavy atom. The number of aliphatic hydroxyl groups is 1. The van der Waals surface area contributed by atoms with E-state index in [1.54, 1.807) is 6.92 Å². The second kappa shape index (κ2) is 3.18. The van der Waals surface area contributed by atoms with Gasteiger partial charge in [0, 0.05) is 23.8 Å². The summed E-state index contributed by atoms with van der Waals surface area (Å²) in [6.45, 7) is 7.56. The third-order valence-electron chi connectivity index (χ3n) is 5.07. The molecule has 2 bridgehead atoms. The topological polar surface area (TPSA) is 63.6 Å². The van der Waals surface area contributed by atoms with Crippen molar-refractivity contribution in [3.05, 3.63) is 23.0 Å². The van der Waals surface area contributed by atoms with E-state index in [0.29, 0.717) is 24.0 Å². The average molecular weight is 262 g/mol. The molecule has 1 saturated carbocycles. The van der Waals surface area contributed by atoms with E-state index in [0.717, 1.165) is 0 Å². The molecule has 4 nitrogen and oxygen atoms in total. The Bertz CT molecular complexity index is 581. The molecule has 3 aliphatic rings. The van der Waals surface area contributed by atoms with Crippen molar-refractivity contribution in [2.24, 2.45) is 10.8 Å². The van der Waals surface area contributed by atoms with Crippen LogP contribution in [0.3, 0.4) is 0 Å². The maximum atomic E-state index is 12.3. The lowest BCUT2D eigenvalue weighted by atomic mass is 9.62. The highest BCUT2D eigenvalue weighted by molar-refractivity contribution is 6.22. The van der Waals surface area contributed by atoms with Gasteiger partial charge in [-0.2, -0.15) is 0 Å². The summed E-state index contributed by atoms with van der Waals surface area (Å²) in [6, 6.07) is 0. The lowest BCUT2D eigenvalue weighted by molar-refractivity contribution is -0.187. The first-order valence-electron chi connectivity index (χ1n) is 6.53. The normalized spacial score (nSPS) is 39.9. The molecule has 0 aromatic carbocycles. The zero-order valence-corrected chi connectivity index (χ0v) is 11.7. The molecule has 2 atom stereocenters. The zero-order chi connectivity index (χ0) is 14.2. The molecule has 19 heavy (non-hydrogen) atoms. The minimum Gasteiger partial charge on any atom is -0.458 e. The number of carbonyl (C=O) groups is 2. The summed E-state index contributed by atoms with van der Waals surface area (Å²) < 4.78 is 5.55. The van der Waals surface area contributed by atoms with E-state index in [9.17, 15) is 14.7 Å². The van der Waals surface area contributed by atoms with E-state index in [1.165, 1.54) is 6.08 Å². The molecule has 1 heterocycles. The first-order chi connectivity index (χ1) is 8.60. The van der Waals surface area contributed by atoms with E-state index >= 15 is 0 Å². The average Bonchev–Trinajstić information content (AvgIpc) is 2.36. The van der Waals surface area contributed by atoms with Crippen LogP contribution in [0.15, 0.2) is 23.0 Å². The molecule has 1 N–H and O–H groups in total. The summed E-state index contributed by atoms with van der Waals surface area (Å²) in [6.07, 6.45) is 2.16. The molecule has 0 unspecified atom stereocenters. The quantitative estimate of drug-likeness (QED) is 0.677. The minimum absolute atomic E-state index is 0.0619. The van der Waals surface area contributed by atoms with Crippen molar-refractivity contribution >= 4 is 11.6 Å². The Balaban J connectivity index is 2.26. The lowest BCUT2D eigenvalue weighted by Crippen LogP contribution is -2.43. The maximum Gasteiger partial charge on any atom is 0.223 e. The number of ketones is 2. The first-order valence-corrected chi connectivity index (χ1v) is 6.53. The number of hydrogen-bond donors (Lipinski definition) is 1. The Labute approximate surface area is 112 Å². The molecule has 4 heteroatoms. The van der Waals surface area contributed by atoms with Gasteiger partial charge in [-0.1, -0.05) is 20.8 Å².